The topological polar surface area (TPSA) is 185 Å². The van der Waals surface area contributed by atoms with Crippen LogP contribution in [0.5, 0.6) is 5.75 Å². The minimum absolute atomic E-state index is 0.00898. The third-order valence-corrected chi connectivity index (χ3v) is 13.1. The van der Waals surface area contributed by atoms with Gasteiger partial charge in [-0.05, 0) is 81.1 Å². The maximum Gasteiger partial charge on any atom is 0.266 e. The second kappa shape index (κ2) is 19.8. The second-order valence-corrected chi connectivity index (χ2v) is 17.7. The third-order valence-electron chi connectivity index (χ3n) is 12.8. The number of rotatable bonds is 16. The van der Waals surface area contributed by atoms with Crippen LogP contribution in [0.4, 0.5) is 11.6 Å². The highest BCUT2D eigenvalue weighted by atomic mass is 35.5. The van der Waals surface area contributed by atoms with Gasteiger partial charge in [0.2, 0.25) is 17.8 Å². The summed E-state index contributed by atoms with van der Waals surface area (Å²) in [5, 5.41) is 10.5. The van der Waals surface area contributed by atoms with E-state index in [0.717, 1.165) is 98.4 Å². The van der Waals surface area contributed by atoms with Crippen molar-refractivity contribution in [1.29, 1.82) is 0 Å². The zero-order valence-electron chi connectivity index (χ0n) is 36.7. The molecule has 3 aromatic carbocycles. The number of ether oxygens (including phenoxy) is 1. The number of aromatic amines is 1. The number of aromatic nitrogens is 3. The van der Waals surface area contributed by atoms with E-state index in [0.29, 0.717) is 41.0 Å². The van der Waals surface area contributed by atoms with Crippen molar-refractivity contribution in [3.63, 3.8) is 0 Å². The SMILES string of the molecule is C=C(COc1cccc2c1C(=O)N(C1CCC(=O)NC1=O)C2=O)NCCCCCN1CCN(c2ccc(C(=O)N3CCC[C@@H](Nc4ncc(Cl)c(-c5c[nH]c6ccccc56)n4)C3)cc2)CC1. The molecule has 17 heteroatoms. The monoisotopic (exact) mass is 912 g/mol. The number of benzene rings is 3. The number of piperazine rings is 1. The quantitative estimate of drug-likeness (QED) is 0.0683. The van der Waals surface area contributed by atoms with Crippen LogP contribution in [0, 0.1) is 0 Å². The number of amides is 5. The highest BCUT2D eigenvalue weighted by molar-refractivity contribution is 6.33. The van der Waals surface area contributed by atoms with Crippen molar-refractivity contribution in [2.24, 2.45) is 0 Å². The van der Waals surface area contributed by atoms with Gasteiger partial charge in [-0.3, -0.25) is 39.1 Å². The van der Waals surface area contributed by atoms with Gasteiger partial charge < -0.3 is 30.2 Å². The zero-order chi connectivity index (χ0) is 45.7. The summed E-state index contributed by atoms with van der Waals surface area (Å²) in [7, 11) is 0. The molecular weight excluding hydrogens is 860 g/mol. The van der Waals surface area contributed by atoms with Crippen LogP contribution in [0.2, 0.25) is 5.02 Å². The Morgan fingerprint density at radius 1 is 0.894 bits per heavy atom. The first-order valence-corrected chi connectivity index (χ1v) is 23.1. The molecule has 3 fully saturated rings. The van der Waals surface area contributed by atoms with Gasteiger partial charge in [-0.15, -0.1) is 0 Å². The van der Waals surface area contributed by atoms with Crippen LogP contribution >= 0.6 is 11.6 Å². The maximum absolute atomic E-state index is 13.7. The van der Waals surface area contributed by atoms with E-state index in [1.807, 2.05) is 47.5 Å². The first kappa shape index (κ1) is 44.4. The zero-order valence-corrected chi connectivity index (χ0v) is 37.4. The van der Waals surface area contributed by atoms with Gasteiger partial charge in [-0.1, -0.05) is 48.9 Å². The number of para-hydroxylation sites is 1. The van der Waals surface area contributed by atoms with Crippen LogP contribution in [0.3, 0.4) is 0 Å². The average molecular weight is 913 g/mol. The van der Waals surface area contributed by atoms with Crippen LogP contribution in [-0.4, -0.2) is 130 Å². The number of carbonyl (C=O) groups is 5. The van der Waals surface area contributed by atoms with Gasteiger partial charge in [0.05, 0.1) is 28.0 Å². The molecule has 0 radical (unpaired) electrons. The first-order valence-electron chi connectivity index (χ1n) is 22.7. The van der Waals surface area contributed by atoms with E-state index in [1.54, 1.807) is 18.3 Å². The van der Waals surface area contributed by atoms with Crippen LogP contribution in [0.1, 0.15) is 76.0 Å². The van der Waals surface area contributed by atoms with Gasteiger partial charge in [0.15, 0.2) is 0 Å². The Kier molecular flexibility index (Phi) is 13.3. The van der Waals surface area contributed by atoms with Gasteiger partial charge in [0.1, 0.15) is 18.4 Å². The van der Waals surface area contributed by atoms with E-state index >= 15 is 0 Å². The first-order chi connectivity index (χ1) is 32.1. The van der Waals surface area contributed by atoms with Crippen molar-refractivity contribution in [2.75, 3.05) is 69.2 Å². The molecule has 4 aliphatic rings. The Morgan fingerprint density at radius 2 is 1.71 bits per heavy atom. The Bertz CT molecular complexity index is 2660. The molecular formula is C49H53ClN10O6. The molecule has 0 aliphatic carbocycles. The number of piperidine rings is 2. The van der Waals surface area contributed by atoms with E-state index in [2.05, 4.69) is 54.4 Å². The molecule has 1 unspecified atom stereocenters. The van der Waals surface area contributed by atoms with Crippen molar-refractivity contribution in [2.45, 2.75) is 57.0 Å². The summed E-state index contributed by atoms with van der Waals surface area (Å²) in [5.41, 5.74) is 5.33. The Balaban J connectivity index is 0.667. The number of halogens is 1. The standard InChI is InChI=1S/C49H53ClN10O6/c1-31(30-66-41-13-7-11-36-43(41)48(65)60(47(36)64)40-18-19-42(61)55-45(40)62)51-20-5-2-6-21-57-23-25-58(26-24-57)34-16-14-32(15-17-34)46(63)59-22-8-9-33(29-59)54-49-53-28-38(50)44(56-49)37-27-52-39-12-4-3-10-35(37)39/h3-4,7,10-17,27-28,33,40,51-52H,1-2,5-6,8-9,18-26,29-30H2,(H,53,54,56)(H,55,61,62)/t33-,40?/m1/s1. The van der Waals surface area contributed by atoms with Gasteiger partial charge in [0, 0.05) is 97.9 Å². The summed E-state index contributed by atoms with van der Waals surface area (Å²) in [5.74, 6) is -1.50. The second-order valence-electron chi connectivity index (χ2n) is 17.3. The number of unbranched alkanes of at least 4 members (excludes halogenated alkanes) is 2. The normalized spacial score (nSPS) is 19.0. The van der Waals surface area contributed by atoms with Crippen molar-refractivity contribution in [3.8, 4) is 17.0 Å². The highest BCUT2D eigenvalue weighted by Crippen LogP contribution is 2.35. The van der Waals surface area contributed by atoms with Crippen molar-refractivity contribution < 1.29 is 28.7 Å². The molecule has 4 aliphatic heterocycles. The Morgan fingerprint density at radius 3 is 2.53 bits per heavy atom. The lowest BCUT2D eigenvalue weighted by Crippen LogP contribution is -2.54. The minimum Gasteiger partial charge on any atom is -0.487 e. The summed E-state index contributed by atoms with van der Waals surface area (Å²) in [6.07, 6.45) is 8.54. The van der Waals surface area contributed by atoms with E-state index in [-0.39, 0.29) is 48.3 Å². The molecule has 3 saturated heterocycles. The minimum atomic E-state index is -1.04. The summed E-state index contributed by atoms with van der Waals surface area (Å²) < 4.78 is 5.94. The molecule has 66 heavy (non-hydrogen) atoms. The fraction of sp³-hybridized carbons (Fsp3) is 0.367. The van der Waals surface area contributed by atoms with Gasteiger partial charge in [-0.2, -0.15) is 0 Å². The lowest BCUT2D eigenvalue weighted by Gasteiger charge is -2.36. The molecule has 6 heterocycles. The van der Waals surface area contributed by atoms with Crippen LogP contribution in [-0.2, 0) is 9.59 Å². The third kappa shape index (κ3) is 9.60. The van der Waals surface area contributed by atoms with Crippen molar-refractivity contribution in [3.05, 3.63) is 113 Å². The van der Waals surface area contributed by atoms with Gasteiger partial charge in [-0.25, -0.2) is 9.97 Å². The molecule has 0 saturated carbocycles. The molecule has 9 rings (SSSR count). The maximum atomic E-state index is 13.7. The lowest BCUT2D eigenvalue weighted by molar-refractivity contribution is -0.136. The molecule has 5 amide bonds. The van der Waals surface area contributed by atoms with Crippen LogP contribution in [0.15, 0.2) is 91.4 Å². The number of nitrogens with one attached hydrogen (secondary N) is 4. The largest absolute Gasteiger partial charge is 0.487 e. The van der Waals surface area contributed by atoms with Gasteiger partial charge in [0.25, 0.3) is 17.7 Å². The Labute approximate surface area is 387 Å². The number of hydrogen-bond donors (Lipinski definition) is 4. The van der Waals surface area contributed by atoms with E-state index in [9.17, 15) is 24.0 Å². The summed E-state index contributed by atoms with van der Waals surface area (Å²) in [6, 6.07) is 19.8. The lowest BCUT2D eigenvalue weighted by atomic mass is 10.0. The molecule has 2 atom stereocenters. The number of likely N-dealkylation sites (tertiary alicyclic amines) is 1. The summed E-state index contributed by atoms with van der Waals surface area (Å²) in [4.78, 5) is 84.5. The number of nitrogens with zero attached hydrogens (tertiary/aromatic N) is 6. The molecule has 4 N–H and O–H groups in total. The van der Waals surface area contributed by atoms with Crippen LogP contribution < -0.4 is 25.6 Å². The van der Waals surface area contributed by atoms with E-state index in [4.69, 9.17) is 21.3 Å². The number of H-pyrrole nitrogens is 1. The number of imide groups is 2. The predicted molar refractivity (Wildman–Crippen MR) is 252 cm³/mol. The fourth-order valence-corrected chi connectivity index (χ4v) is 9.50. The summed E-state index contributed by atoms with van der Waals surface area (Å²) in [6.45, 7) is 11.0. The van der Waals surface area contributed by atoms with E-state index < -0.39 is 29.7 Å². The summed E-state index contributed by atoms with van der Waals surface area (Å²) >= 11 is 6.57. The van der Waals surface area contributed by atoms with Crippen molar-refractivity contribution >= 4 is 63.7 Å². The molecule has 0 bridgehead atoms. The number of anilines is 2. The van der Waals surface area contributed by atoms with E-state index in [1.165, 1.54) is 6.07 Å². The Hall–Kier alpha value is -6.78. The molecule has 0 spiro atoms. The van der Waals surface area contributed by atoms with Gasteiger partial charge >= 0.3 is 0 Å². The predicted octanol–water partition coefficient (Wildman–Crippen LogP) is 5.87. The molecule has 342 valence electrons. The fourth-order valence-electron chi connectivity index (χ4n) is 9.30. The molecule has 2 aromatic heterocycles. The average Bonchev–Trinajstić information content (AvgIpc) is 3.88. The highest BCUT2D eigenvalue weighted by Gasteiger charge is 2.46. The van der Waals surface area contributed by atoms with Crippen LogP contribution in [0.25, 0.3) is 22.2 Å². The number of carbonyl (C=O) groups excluding carboxylic acids is 5. The molecule has 5 aromatic rings. The van der Waals surface area contributed by atoms with Crippen molar-refractivity contribution in [1.82, 2.24) is 40.3 Å². The smallest absolute Gasteiger partial charge is 0.266 e. The number of fused-ring (bicyclic) bond motifs is 2. The number of hydrogen-bond acceptors (Lipinski definition) is 12. The molecule has 16 nitrogen and oxygen atoms in total.